The van der Waals surface area contributed by atoms with Gasteiger partial charge in [-0.1, -0.05) is 12.1 Å². The maximum Gasteiger partial charge on any atom is 0.137 e. The maximum atomic E-state index is 6.54. The van der Waals surface area contributed by atoms with E-state index >= 15 is 0 Å². The van der Waals surface area contributed by atoms with Crippen molar-refractivity contribution in [3.05, 3.63) is 66.0 Å². The van der Waals surface area contributed by atoms with Crippen molar-refractivity contribution >= 4 is 11.6 Å². The van der Waals surface area contributed by atoms with E-state index in [1.54, 1.807) is 20.4 Å². The van der Waals surface area contributed by atoms with Gasteiger partial charge in [0.05, 0.1) is 26.1 Å². The molecule has 0 bridgehead atoms. The zero-order chi connectivity index (χ0) is 16.2. The zero-order valence-electron chi connectivity index (χ0n) is 12.9. The molecule has 1 N–H and O–H groups in total. The number of halogens is 1. The van der Waals surface area contributed by atoms with Crippen LogP contribution in [0.5, 0.6) is 11.5 Å². The van der Waals surface area contributed by atoms with Crippen LogP contribution < -0.4 is 9.47 Å². The number of hydrogen-bond acceptors (Lipinski definition) is 3. The quantitative estimate of drug-likeness (QED) is 0.705. The molecule has 0 aliphatic heterocycles. The molecule has 3 aromatic rings. The third-order valence-corrected chi connectivity index (χ3v) is 4.13. The molecule has 0 saturated carbocycles. The lowest BCUT2D eigenvalue weighted by Gasteiger charge is -2.08. The van der Waals surface area contributed by atoms with Crippen LogP contribution in [0.1, 0.15) is 16.6 Å². The Labute approximate surface area is 140 Å². The molecule has 3 rings (SSSR count). The molecule has 5 heteroatoms. The molecule has 1 aromatic heterocycles. The van der Waals surface area contributed by atoms with Gasteiger partial charge < -0.3 is 14.5 Å². The summed E-state index contributed by atoms with van der Waals surface area (Å²) < 4.78 is 10.3. The van der Waals surface area contributed by atoms with Crippen LogP contribution in [0.4, 0.5) is 0 Å². The van der Waals surface area contributed by atoms with E-state index in [1.165, 1.54) is 0 Å². The van der Waals surface area contributed by atoms with E-state index in [-0.39, 0.29) is 5.38 Å². The van der Waals surface area contributed by atoms with Crippen LogP contribution in [0.15, 0.2) is 54.7 Å². The summed E-state index contributed by atoms with van der Waals surface area (Å²) in [4.78, 5) is 7.70. The number of nitrogens with zero attached hydrogens (tertiary/aromatic N) is 1. The lowest BCUT2D eigenvalue weighted by atomic mass is 10.1. The lowest BCUT2D eigenvalue weighted by molar-refractivity contribution is 0.414. The number of benzene rings is 2. The summed E-state index contributed by atoms with van der Waals surface area (Å²) in [6.45, 7) is 0. The highest BCUT2D eigenvalue weighted by Gasteiger charge is 2.14. The van der Waals surface area contributed by atoms with Gasteiger partial charge in [0.15, 0.2) is 0 Å². The largest absolute Gasteiger partial charge is 0.497 e. The number of hydrogen-bond donors (Lipinski definition) is 1. The van der Waals surface area contributed by atoms with E-state index in [2.05, 4.69) is 9.97 Å². The number of aromatic nitrogens is 2. The molecule has 118 valence electrons. The Hall–Kier alpha value is -2.46. The van der Waals surface area contributed by atoms with E-state index in [0.29, 0.717) is 0 Å². The third kappa shape index (κ3) is 3.32. The molecule has 4 nitrogen and oxygen atoms in total. The van der Waals surface area contributed by atoms with Crippen LogP contribution in [0.3, 0.4) is 0 Å². The van der Waals surface area contributed by atoms with Crippen molar-refractivity contribution in [2.45, 2.75) is 5.38 Å². The molecule has 0 aliphatic rings. The Morgan fingerprint density at radius 1 is 0.913 bits per heavy atom. The second-order valence-electron chi connectivity index (χ2n) is 5.05. The standard InChI is InChI=1S/C18H17ClN2O2/c1-22-14-7-3-12(4-8-14)17(19)16-11-20-18(21-16)13-5-9-15(23-2)10-6-13/h3-11,17H,1-2H3,(H,20,21). The molecule has 23 heavy (non-hydrogen) atoms. The third-order valence-electron chi connectivity index (χ3n) is 3.64. The molecule has 0 saturated heterocycles. The minimum Gasteiger partial charge on any atom is -0.497 e. The van der Waals surface area contributed by atoms with Gasteiger partial charge in [-0.25, -0.2) is 4.98 Å². The van der Waals surface area contributed by atoms with Crippen molar-refractivity contribution in [3.8, 4) is 22.9 Å². The van der Waals surface area contributed by atoms with Gasteiger partial charge in [0.25, 0.3) is 0 Å². The number of methoxy groups -OCH3 is 2. The lowest BCUT2D eigenvalue weighted by Crippen LogP contribution is -1.94. The van der Waals surface area contributed by atoms with Gasteiger partial charge in [-0.2, -0.15) is 0 Å². The van der Waals surface area contributed by atoms with E-state index in [9.17, 15) is 0 Å². The van der Waals surface area contributed by atoms with Crippen LogP contribution in [0.25, 0.3) is 11.4 Å². The highest BCUT2D eigenvalue weighted by molar-refractivity contribution is 6.22. The van der Waals surface area contributed by atoms with Gasteiger partial charge in [0.2, 0.25) is 0 Å². The average Bonchev–Trinajstić information content (AvgIpc) is 3.11. The number of nitrogens with one attached hydrogen (secondary N) is 1. The van der Waals surface area contributed by atoms with Crippen molar-refractivity contribution in [1.29, 1.82) is 0 Å². The minimum atomic E-state index is -0.291. The predicted molar refractivity (Wildman–Crippen MR) is 91.3 cm³/mol. The number of ether oxygens (including phenoxy) is 2. The molecule has 0 spiro atoms. The van der Waals surface area contributed by atoms with Crippen LogP contribution in [-0.4, -0.2) is 24.2 Å². The fraction of sp³-hybridized carbons (Fsp3) is 0.167. The van der Waals surface area contributed by atoms with Crippen molar-refractivity contribution in [2.24, 2.45) is 0 Å². The van der Waals surface area contributed by atoms with Crippen molar-refractivity contribution < 1.29 is 9.47 Å². The fourth-order valence-electron chi connectivity index (χ4n) is 2.31. The molecule has 2 aromatic carbocycles. The SMILES string of the molecule is COc1ccc(-c2ncc(C(Cl)c3ccc(OC)cc3)[nH]2)cc1. The van der Waals surface area contributed by atoms with E-state index < -0.39 is 0 Å². The van der Waals surface area contributed by atoms with E-state index in [1.807, 2.05) is 48.5 Å². The van der Waals surface area contributed by atoms with Gasteiger partial charge >= 0.3 is 0 Å². The first-order chi connectivity index (χ1) is 11.2. The van der Waals surface area contributed by atoms with Crippen molar-refractivity contribution in [1.82, 2.24) is 9.97 Å². The molecule has 0 radical (unpaired) electrons. The predicted octanol–water partition coefficient (Wildman–Crippen LogP) is 4.42. The van der Waals surface area contributed by atoms with Gasteiger partial charge in [-0.3, -0.25) is 0 Å². The van der Waals surface area contributed by atoms with Gasteiger partial charge in [0.1, 0.15) is 22.7 Å². The Bertz CT molecular complexity index is 766. The molecule has 0 amide bonds. The first kappa shape index (κ1) is 15.4. The Kier molecular flexibility index (Phi) is 4.53. The Balaban J connectivity index is 1.82. The first-order valence-electron chi connectivity index (χ1n) is 7.18. The number of imidazole rings is 1. The summed E-state index contributed by atoms with van der Waals surface area (Å²) in [5.41, 5.74) is 2.82. The molecule has 0 aliphatic carbocycles. The van der Waals surface area contributed by atoms with Gasteiger partial charge in [-0.05, 0) is 42.0 Å². The van der Waals surface area contributed by atoms with Crippen LogP contribution in [-0.2, 0) is 0 Å². The normalized spacial score (nSPS) is 12.0. The topological polar surface area (TPSA) is 47.1 Å². The first-order valence-corrected chi connectivity index (χ1v) is 7.62. The zero-order valence-corrected chi connectivity index (χ0v) is 13.7. The van der Waals surface area contributed by atoms with Crippen molar-refractivity contribution in [2.75, 3.05) is 14.2 Å². The molecule has 1 unspecified atom stereocenters. The van der Waals surface area contributed by atoms with Crippen molar-refractivity contribution in [3.63, 3.8) is 0 Å². The summed E-state index contributed by atoms with van der Waals surface area (Å²) in [5.74, 6) is 2.40. The molecular formula is C18H17ClN2O2. The van der Waals surface area contributed by atoms with Crippen LogP contribution in [0.2, 0.25) is 0 Å². The number of aromatic amines is 1. The average molecular weight is 329 g/mol. The summed E-state index contributed by atoms with van der Waals surface area (Å²) in [6, 6.07) is 15.4. The molecule has 0 fully saturated rings. The summed E-state index contributed by atoms with van der Waals surface area (Å²) in [7, 11) is 3.29. The number of alkyl halides is 1. The summed E-state index contributed by atoms with van der Waals surface area (Å²) >= 11 is 6.54. The van der Waals surface area contributed by atoms with E-state index in [0.717, 1.165) is 34.1 Å². The molecule has 1 heterocycles. The number of H-pyrrole nitrogens is 1. The molecular weight excluding hydrogens is 312 g/mol. The second-order valence-corrected chi connectivity index (χ2v) is 5.49. The Morgan fingerprint density at radius 3 is 2.04 bits per heavy atom. The highest BCUT2D eigenvalue weighted by Crippen LogP contribution is 2.30. The fourth-order valence-corrected chi connectivity index (χ4v) is 2.57. The summed E-state index contributed by atoms with van der Waals surface area (Å²) in [5, 5.41) is -0.291. The van der Waals surface area contributed by atoms with Gasteiger partial charge in [-0.15, -0.1) is 11.6 Å². The molecule has 1 atom stereocenters. The number of rotatable bonds is 5. The maximum absolute atomic E-state index is 6.54. The van der Waals surface area contributed by atoms with Gasteiger partial charge in [0, 0.05) is 5.56 Å². The minimum absolute atomic E-state index is 0.291. The second kappa shape index (κ2) is 6.75. The smallest absolute Gasteiger partial charge is 0.137 e. The van der Waals surface area contributed by atoms with Crippen LogP contribution >= 0.6 is 11.6 Å². The van der Waals surface area contributed by atoms with E-state index in [4.69, 9.17) is 21.1 Å². The highest BCUT2D eigenvalue weighted by atomic mass is 35.5. The monoisotopic (exact) mass is 328 g/mol. The van der Waals surface area contributed by atoms with Crippen LogP contribution in [0, 0.1) is 0 Å². The summed E-state index contributed by atoms with van der Waals surface area (Å²) in [6.07, 6.45) is 1.77. The Morgan fingerprint density at radius 2 is 1.48 bits per heavy atom.